The van der Waals surface area contributed by atoms with E-state index in [4.69, 9.17) is 5.11 Å². The molecule has 1 saturated carbocycles. The quantitative estimate of drug-likeness (QED) is 0.0871. The number of nitro groups is 1. The minimum atomic E-state index is -4.66. The van der Waals surface area contributed by atoms with Gasteiger partial charge in [-0.1, -0.05) is 59.5 Å². The Morgan fingerprint density at radius 2 is 1.70 bits per heavy atom. The fourth-order valence-corrected chi connectivity index (χ4v) is 5.75. The molecular formula is C32H32BrF3N4O6. The Morgan fingerprint density at radius 3 is 2.28 bits per heavy atom. The van der Waals surface area contributed by atoms with E-state index in [1.807, 2.05) is 24.3 Å². The Bertz CT molecular complexity index is 1580. The number of aliphatic hydroxyl groups excluding tert-OH is 1. The molecular weight excluding hydrogens is 673 g/mol. The highest BCUT2D eigenvalue weighted by molar-refractivity contribution is 9.10. The summed E-state index contributed by atoms with van der Waals surface area (Å²) in [4.78, 5) is 40.4. The molecule has 3 aromatic carbocycles. The maximum Gasteiger partial charge on any atom is 0.416 e. The van der Waals surface area contributed by atoms with Crippen molar-refractivity contribution in [1.82, 2.24) is 5.32 Å². The highest BCUT2D eigenvalue weighted by Crippen LogP contribution is 2.36. The van der Waals surface area contributed by atoms with Gasteiger partial charge in [0.1, 0.15) is 0 Å². The number of aliphatic hydroxyl groups is 1. The van der Waals surface area contributed by atoms with Crippen LogP contribution in [0.3, 0.4) is 0 Å². The van der Waals surface area contributed by atoms with E-state index in [9.17, 15) is 38.0 Å². The molecule has 1 aliphatic carbocycles. The maximum absolute atomic E-state index is 13.6. The van der Waals surface area contributed by atoms with Crippen LogP contribution < -0.4 is 10.2 Å². The average molecular weight is 706 g/mol. The number of carboxylic acids is 1. The van der Waals surface area contributed by atoms with E-state index in [2.05, 4.69) is 26.2 Å². The van der Waals surface area contributed by atoms with E-state index in [0.717, 1.165) is 43.4 Å². The smallest absolute Gasteiger partial charge is 0.416 e. The average Bonchev–Trinajstić information content (AvgIpc) is 3.02. The number of benzene rings is 3. The molecule has 0 aromatic heterocycles. The van der Waals surface area contributed by atoms with Crippen molar-refractivity contribution in [3.63, 3.8) is 0 Å². The van der Waals surface area contributed by atoms with Gasteiger partial charge < -0.3 is 20.4 Å². The lowest BCUT2D eigenvalue weighted by Crippen LogP contribution is -2.36. The van der Waals surface area contributed by atoms with Crippen molar-refractivity contribution in [3.8, 4) is 0 Å². The number of halogens is 4. The standard InChI is InChI=1S/C32H32BrF3N4O6/c33-25-14-24(32(34,35)36)15-26(16-25)38-29(19-40(45)46)39(27-12-10-22(11-13-27)21-4-2-1-3-5-21)18-20-6-8-23(9-7-20)30(42)37-17-28(41)31(43)44/h6-16,21,28,41H,1-5,17-19H2,(H,37,42)(H,43,44)/t28-/m1/s1. The summed E-state index contributed by atoms with van der Waals surface area (Å²) >= 11 is 3.08. The predicted octanol–water partition coefficient (Wildman–Crippen LogP) is 6.70. The molecule has 0 heterocycles. The molecule has 14 heteroatoms. The van der Waals surface area contributed by atoms with Crippen LogP contribution in [0.1, 0.15) is 65.1 Å². The Kier molecular flexibility index (Phi) is 11.5. The number of carboxylic acid groups (broad SMARTS) is 1. The first-order valence-electron chi connectivity index (χ1n) is 14.5. The zero-order chi connectivity index (χ0) is 33.4. The van der Waals surface area contributed by atoms with Gasteiger partial charge in [-0.3, -0.25) is 14.9 Å². The molecule has 0 bridgehead atoms. The molecule has 1 fully saturated rings. The molecule has 0 radical (unpaired) electrons. The van der Waals surface area contributed by atoms with E-state index in [-0.39, 0.29) is 28.1 Å². The van der Waals surface area contributed by atoms with Gasteiger partial charge in [0, 0.05) is 27.2 Å². The number of aliphatic carboxylic acids is 1. The molecule has 1 amide bonds. The summed E-state index contributed by atoms with van der Waals surface area (Å²) in [5.74, 6) is -1.80. The maximum atomic E-state index is 13.6. The van der Waals surface area contributed by atoms with Gasteiger partial charge in [0.05, 0.1) is 17.8 Å². The van der Waals surface area contributed by atoms with Gasteiger partial charge in [0.15, 0.2) is 11.9 Å². The zero-order valence-corrected chi connectivity index (χ0v) is 26.1. The van der Waals surface area contributed by atoms with Gasteiger partial charge in [0.2, 0.25) is 0 Å². The van der Waals surface area contributed by atoms with Gasteiger partial charge in [-0.25, -0.2) is 9.79 Å². The highest BCUT2D eigenvalue weighted by atomic mass is 79.9. The van der Waals surface area contributed by atoms with Crippen LogP contribution in [0.2, 0.25) is 0 Å². The summed E-state index contributed by atoms with van der Waals surface area (Å²) in [7, 11) is 0. The first kappa shape index (κ1) is 34.6. The summed E-state index contributed by atoms with van der Waals surface area (Å²) in [6.07, 6.45) is -0.825. The van der Waals surface area contributed by atoms with Crippen LogP contribution in [0, 0.1) is 10.1 Å². The van der Waals surface area contributed by atoms with Gasteiger partial charge in [-0.2, -0.15) is 13.2 Å². The predicted molar refractivity (Wildman–Crippen MR) is 169 cm³/mol. The minimum Gasteiger partial charge on any atom is -0.479 e. The molecule has 3 N–H and O–H groups in total. The topological polar surface area (TPSA) is 145 Å². The van der Waals surface area contributed by atoms with E-state index in [1.54, 1.807) is 17.0 Å². The van der Waals surface area contributed by atoms with Crippen LogP contribution in [0.4, 0.5) is 24.5 Å². The first-order chi connectivity index (χ1) is 21.8. The van der Waals surface area contributed by atoms with Crippen molar-refractivity contribution in [2.75, 3.05) is 18.0 Å². The SMILES string of the molecule is O=C(NC[C@@H](O)C(=O)O)c1ccc(CN(C(C[N+](=O)[O-])=Nc2cc(Br)cc(C(F)(F)F)c2)c2ccc(C3CCCCC3)cc2)cc1. The second-order valence-electron chi connectivity index (χ2n) is 11.0. The summed E-state index contributed by atoms with van der Waals surface area (Å²) in [5, 5.41) is 32.4. The number of aliphatic imine (C=N–C) groups is 1. The number of nitrogens with one attached hydrogen (secondary N) is 1. The molecule has 244 valence electrons. The molecule has 4 rings (SSSR count). The second kappa shape index (κ2) is 15.3. The normalized spacial score (nSPS) is 14.8. The number of hydrogen-bond donors (Lipinski definition) is 3. The number of amidine groups is 1. The monoisotopic (exact) mass is 704 g/mol. The molecule has 1 atom stereocenters. The Labute approximate surface area is 271 Å². The van der Waals surface area contributed by atoms with Crippen molar-refractivity contribution >= 4 is 45.0 Å². The Morgan fingerprint density at radius 1 is 1.04 bits per heavy atom. The number of nitrogens with zero attached hydrogens (tertiary/aromatic N) is 3. The summed E-state index contributed by atoms with van der Waals surface area (Å²) in [6, 6.07) is 16.7. The lowest BCUT2D eigenvalue weighted by molar-refractivity contribution is -0.463. The van der Waals surface area contributed by atoms with Gasteiger partial charge >= 0.3 is 12.1 Å². The van der Waals surface area contributed by atoms with Crippen molar-refractivity contribution in [2.24, 2.45) is 4.99 Å². The molecule has 10 nitrogen and oxygen atoms in total. The molecule has 3 aromatic rings. The number of anilines is 1. The number of carbonyl (C=O) groups excluding carboxylic acids is 1. The summed E-state index contributed by atoms with van der Waals surface area (Å²) in [6.45, 7) is -1.26. The van der Waals surface area contributed by atoms with E-state index < -0.39 is 47.7 Å². The lowest BCUT2D eigenvalue weighted by Gasteiger charge is -2.27. The zero-order valence-electron chi connectivity index (χ0n) is 24.5. The summed E-state index contributed by atoms with van der Waals surface area (Å²) < 4.78 is 40.8. The van der Waals surface area contributed by atoms with Crippen LogP contribution >= 0.6 is 15.9 Å². The number of rotatable bonds is 11. The number of hydrogen-bond acceptors (Lipinski definition) is 6. The third-order valence-corrected chi connectivity index (χ3v) is 8.09. The van der Waals surface area contributed by atoms with Gasteiger partial charge in [0.25, 0.3) is 12.5 Å². The van der Waals surface area contributed by atoms with Crippen molar-refractivity contribution in [2.45, 2.75) is 56.8 Å². The van der Waals surface area contributed by atoms with Crippen LogP contribution in [0.15, 0.2) is 76.2 Å². The van der Waals surface area contributed by atoms with E-state index >= 15 is 0 Å². The van der Waals surface area contributed by atoms with E-state index in [0.29, 0.717) is 17.2 Å². The largest absolute Gasteiger partial charge is 0.479 e. The van der Waals surface area contributed by atoms with E-state index in [1.165, 1.54) is 24.6 Å². The molecule has 0 unspecified atom stereocenters. The molecule has 0 saturated heterocycles. The fourth-order valence-electron chi connectivity index (χ4n) is 5.26. The van der Waals surface area contributed by atoms with Crippen LogP contribution in [-0.4, -0.2) is 52.0 Å². The Hall–Kier alpha value is -4.30. The first-order valence-corrected chi connectivity index (χ1v) is 15.3. The van der Waals surface area contributed by atoms with Crippen LogP contribution in [-0.2, 0) is 17.5 Å². The fraction of sp³-hybridized carbons (Fsp3) is 0.344. The van der Waals surface area contributed by atoms with Crippen molar-refractivity contribution in [3.05, 3.63) is 104 Å². The number of amides is 1. The van der Waals surface area contributed by atoms with Crippen molar-refractivity contribution in [1.29, 1.82) is 0 Å². The highest BCUT2D eigenvalue weighted by Gasteiger charge is 2.31. The molecule has 1 aliphatic rings. The Balaban J connectivity index is 1.70. The van der Waals surface area contributed by atoms with Crippen LogP contribution in [0.5, 0.6) is 0 Å². The lowest BCUT2D eigenvalue weighted by atomic mass is 9.84. The number of carbonyl (C=O) groups is 2. The minimum absolute atomic E-state index is 0.0230. The second-order valence-corrected chi connectivity index (χ2v) is 11.9. The molecule has 0 aliphatic heterocycles. The van der Waals surface area contributed by atoms with Crippen molar-refractivity contribution < 1.29 is 37.9 Å². The molecule has 0 spiro atoms. The van der Waals surface area contributed by atoms with Gasteiger partial charge in [-0.05, 0) is 72.4 Å². The third kappa shape index (κ3) is 9.60. The van der Waals surface area contributed by atoms with Crippen LogP contribution in [0.25, 0.3) is 0 Å². The third-order valence-electron chi connectivity index (χ3n) is 7.63. The number of alkyl halides is 3. The summed E-state index contributed by atoms with van der Waals surface area (Å²) in [5.41, 5.74) is 1.36. The van der Waals surface area contributed by atoms with Gasteiger partial charge in [-0.15, -0.1) is 0 Å². The molecule has 46 heavy (non-hydrogen) atoms.